The van der Waals surface area contributed by atoms with E-state index in [0.717, 1.165) is 59.4 Å². The SMILES string of the molecule is Br.Br.O=C(CCNCCc1cccc(F)c1)N(CCNCCc1ccc(O)c2[nH]c(=O)sc12)C1CCCCC1. The van der Waals surface area contributed by atoms with Gasteiger partial charge in [-0.1, -0.05) is 48.8 Å². The first-order chi connectivity index (χ1) is 18.0. The van der Waals surface area contributed by atoms with Crippen molar-refractivity contribution < 1.29 is 14.3 Å². The molecule has 0 unspecified atom stereocenters. The number of aromatic amines is 1. The Morgan fingerprint density at radius 2 is 1.77 bits per heavy atom. The standard InChI is InChI=1S/C28H37FN4O3S.2BrH/c29-22-6-4-5-20(19-22)11-14-30-16-13-25(35)33(23-7-2-1-3-8-23)18-17-31-15-12-21-9-10-24(34)26-27(21)37-28(36)32-26;;/h4-6,9-10,19,23,30-31,34H,1-3,7-8,11-18H2,(H,32,36);2*1H. The minimum Gasteiger partial charge on any atom is -0.506 e. The molecule has 2 aromatic carbocycles. The third-order valence-electron chi connectivity index (χ3n) is 7.07. The highest BCUT2D eigenvalue weighted by Crippen LogP contribution is 2.28. The second kappa shape index (κ2) is 17.1. The Bertz CT molecular complexity index is 1230. The van der Waals surface area contributed by atoms with Gasteiger partial charge in [0.25, 0.3) is 0 Å². The monoisotopic (exact) mass is 688 g/mol. The molecule has 0 spiro atoms. The van der Waals surface area contributed by atoms with E-state index < -0.39 is 0 Å². The van der Waals surface area contributed by atoms with E-state index >= 15 is 0 Å². The zero-order valence-electron chi connectivity index (χ0n) is 22.0. The van der Waals surface area contributed by atoms with Crippen LogP contribution in [0.4, 0.5) is 4.39 Å². The van der Waals surface area contributed by atoms with Crippen LogP contribution in [0.2, 0.25) is 0 Å². The summed E-state index contributed by atoms with van der Waals surface area (Å²) in [5.41, 5.74) is 2.48. The van der Waals surface area contributed by atoms with E-state index in [9.17, 15) is 19.1 Å². The number of fused-ring (bicyclic) bond motifs is 1. The molecule has 1 saturated carbocycles. The molecule has 1 fully saturated rings. The van der Waals surface area contributed by atoms with Gasteiger partial charge in [-0.05, 0) is 68.1 Å². The van der Waals surface area contributed by atoms with Crippen LogP contribution >= 0.6 is 45.3 Å². The Morgan fingerprint density at radius 1 is 1.03 bits per heavy atom. The molecule has 3 aromatic rings. The van der Waals surface area contributed by atoms with E-state index in [1.165, 1.54) is 25.3 Å². The summed E-state index contributed by atoms with van der Waals surface area (Å²) in [6.07, 6.45) is 7.64. The van der Waals surface area contributed by atoms with Gasteiger partial charge in [-0.2, -0.15) is 0 Å². The zero-order chi connectivity index (χ0) is 26.0. The molecule has 4 rings (SSSR count). The number of rotatable bonds is 13. The second-order valence-electron chi connectivity index (χ2n) is 9.72. The van der Waals surface area contributed by atoms with Gasteiger partial charge in [-0.3, -0.25) is 9.59 Å². The van der Waals surface area contributed by atoms with Gasteiger partial charge in [-0.25, -0.2) is 4.39 Å². The maximum Gasteiger partial charge on any atom is 0.305 e. The third-order valence-corrected chi connectivity index (χ3v) is 8.03. The van der Waals surface area contributed by atoms with Gasteiger partial charge in [0.15, 0.2) is 0 Å². The van der Waals surface area contributed by atoms with Gasteiger partial charge in [0.2, 0.25) is 5.91 Å². The summed E-state index contributed by atoms with van der Waals surface area (Å²) in [6.45, 7) is 3.43. The first kappa shape index (κ1) is 33.4. The third kappa shape index (κ3) is 9.97. The Hall–Kier alpha value is -1.79. The number of amides is 1. The Balaban J connectivity index is 0.00000267. The Kier molecular flexibility index (Phi) is 14.7. The smallest absolute Gasteiger partial charge is 0.305 e. The summed E-state index contributed by atoms with van der Waals surface area (Å²) < 4.78 is 14.1. The molecule has 1 aliphatic carbocycles. The number of hydrogen-bond acceptors (Lipinski definition) is 6. The summed E-state index contributed by atoms with van der Waals surface area (Å²) in [6, 6.07) is 10.4. The van der Waals surface area contributed by atoms with Crippen molar-refractivity contribution in [3.63, 3.8) is 0 Å². The van der Waals surface area contributed by atoms with Gasteiger partial charge < -0.3 is 25.6 Å². The number of carbonyl (C=O) groups is 1. The number of hydrogen-bond donors (Lipinski definition) is 4. The fraction of sp³-hybridized carbons (Fsp3) is 0.500. The number of nitrogens with zero attached hydrogens (tertiary/aromatic N) is 1. The largest absolute Gasteiger partial charge is 0.506 e. The first-order valence-corrected chi connectivity index (χ1v) is 14.1. The van der Waals surface area contributed by atoms with Gasteiger partial charge in [-0.15, -0.1) is 34.0 Å². The lowest BCUT2D eigenvalue weighted by Crippen LogP contribution is -2.45. The molecule has 1 aliphatic rings. The molecule has 4 N–H and O–H groups in total. The molecule has 1 aromatic heterocycles. The van der Waals surface area contributed by atoms with Crippen molar-refractivity contribution in [2.24, 2.45) is 0 Å². The van der Waals surface area contributed by atoms with Crippen molar-refractivity contribution in [3.05, 3.63) is 63.0 Å². The van der Waals surface area contributed by atoms with Crippen molar-refractivity contribution >= 4 is 61.4 Å². The molecule has 0 atom stereocenters. The first-order valence-electron chi connectivity index (χ1n) is 13.3. The van der Waals surface area contributed by atoms with Crippen LogP contribution in [-0.2, 0) is 17.6 Å². The van der Waals surface area contributed by atoms with Crippen molar-refractivity contribution in [1.82, 2.24) is 20.5 Å². The number of nitrogens with one attached hydrogen (secondary N) is 3. The van der Waals surface area contributed by atoms with Crippen molar-refractivity contribution in [3.8, 4) is 5.75 Å². The molecule has 11 heteroatoms. The minimum absolute atomic E-state index is 0. The van der Waals surface area contributed by atoms with Crippen LogP contribution in [0, 0.1) is 5.82 Å². The van der Waals surface area contributed by atoms with E-state index in [2.05, 4.69) is 20.5 Å². The topological polar surface area (TPSA) is 97.5 Å². The number of H-pyrrole nitrogens is 1. The summed E-state index contributed by atoms with van der Waals surface area (Å²) >= 11 is 1.12. The highest BCUT2D eigenvalue weighted by Gasteiger charge is 2.24. The van der Waals surface area contributed by atoms with E-state index in [0.29, 0.717) is 44.2 Å². The number of halogens is 3. The molecule has 1 heterocycles. The average Bonchev–Trinajstić information content (AvgIpc) is 3.30. The molecule has 0 bridgehead atoms. The molecular formula is C28H39Br2FN4O3S. The quantitative estimate of drug-likeness (QED) is 0.187. The molecule has 0 saturated heterocycles. The lowest BCUT2D eigenvalue weighted by Gasteiger charge is -2.34. The predicted octanol–water partition coefficient (Wildman–Crippen LogP) is 5.11. The predicted molar refractivity (Wildman–Crippen MR) is 168 cm³/mol. The Morgan fingerprint density at radius 3 is 2.54 bits per heavy atom. The van der Waals surface area contributed by atoms with Crippen LogP contribution in [0.25, 0.3) is 10.2 Å². The number of thiazole rings is 1. The highest BCUT2D eigenvalue weighted by atomic mass is 79.9. The molecule has 1 amide bonds. The fourth-order valence-electron chi connectivity index (χ4n) is 5.11. The van der Waals surface area contributed by atoms with Gasteiger partial charge in [0.1, 0.15) is 17.1 Å². The second-order valence-corrected chi connectivity index (χ2v) is 10.7. The minimum atomic E-state index is -0.220. The Labute approximate surface area is 254 Å². The zero-order valence-corrected chi connectivity index (χ0v) is 26.3. The van der Waals surface area contributed by atoms with Crippen LogP contribution in [0.15, 0.2) is 41.2 Å². The fourth-order valence-corrected chi connectivity index (χ4v) is 6.01. The molecule has 0 aliphatic heterocycles. The van der Waals surface area contributed by atoms with E-state index in [-0.39, 0.29) is 56.3 Å². The van der Waals surface area contributed by atoms with Crippen LogP contribution in [0.1, 0.15) is 49.7 Å². The molecule has 39 heavy (non-hydrogen) atoms. The molecule has 7 nitrogen and oxygen atoms in total. The van der Waals surface area contributed by atoms with Crippen LogP contribution < -0.4 is 15.5 Å². The lowest BCUT2D eigenvalue weighted by molar-refractivity contribution is -0.134. The van der Waals surface area contributed by atoms with Gasteiger partial charge in [0.05, 0.1) is 4.70 Å². The maximum absolute atomic E-state index is 13.3. The summed E-state index contributed by atoms with van der Waals surface area (Å²) in [5, 5.41) is 16.8. The van der Waals surface area contributed by atoms with Gasteiger partial charge in [0, 0.05) is 32.1 Å². The van der Waals surface area contributed by atoms with Crippen molar-refractivity contribution in [1.29, 1.82) is 0 Å². The van der Waals surface area contributed by atoms with Crippen LogP contribution in [0.3, 0.4) is 0 Å². The summed E-state index contributed by atoms with van der Waals surface area (Å²) in [4.78, 5) is 29.5. The number of phenolic OH excluding ortho intramolecular Hbond substituents is 1. The van der Waals surface area contributed by atoms with Gasteiger partial charge >= 0.3 is 4.87 Å². The van der Waals surface area contributed by atoms with E-state index in [1.807, 2.05) is 12.1 Å². The molecular weight excluding hydrogens is 651 g/mol. The number of carbonyl (C=O) groups excluding carboxylic acids is 1. The number of phenols is 1. The lowest BCUT2D eigenvalue weighted by atomic mass is 9.94. The van der Waals surface area contributed by atoms with E-state index in [1.54, 1.807) is 18.2 Å². The number of benzene rings is 2. The molecule has 216 valence electrons. The maximum atomic E-state index is 13.3. The molecule has 0 radical (unpaired) electrons. The van der Waals surface area contributed by atoms with E-state index in [4.69, 9.17) is 0 Å². The van der Waals surface area contributed by atoms with Crippen molar-refractivity contribution in [2.45, 2.75) is 57.4 Å². The summed E-state index contributed by atoms with van der Waals surface area (Å²) in [7, 11) is 0. The average molecular weight is 691 g/mol. The highest BCUT2D eigenvalue weighted by molar-refractivity contribution is 8.93. The normalized spacial score (nSPS) is 13.6. The van der Waals surface area contributed by atoms with Crippen LogP contribution in [-0.4, -0.2) is 59.7 Å². The summed E-state index contributed by atoms with van der Waals surface area (Å²) in [5.74, 6) is 0.0572. The number of aromatic hydroxyl groups is 1. The number of aromatic nitrogens is 1. The van der Waals surface area contributed by atoms with Crippen molar-refractivity contribution in [2.75, 3.05) is 32.7 Å². The van der Waals surface area contributed by atoms with Crippen LogP contribution in [0.5, 0.6) is 5.75 Å².